The fraction of sp³-hybridized carbons (Fsp3) is 0.692. The van der Waals surface area contributed by atoms with Crippen LogP contribution in [-0.2, 0) is 22.4 Å². The Morgan fingerprint density at radius 1 is 1.17 bits per heavy atom. The first-order valence-corrected chi connectivity index (χ1v) is 6.32. The predicted molar refractivity (Wildman–Crippen MR) is 70.4 cm³/mol. The Hall–Kier alpha value is -1.04. The Balaban J connectivity index is 2.23. The van der Waals surface area contributed by atoms with Crippen molar-refractivity contribution < 1.29 is 9.47 Å². The van der Waals surface area contributed by atoms with Gasteiger partial charge in [0.15, 0.2) is 0 Å². The molecular formula is C13H23N3O2. The maximum absolute atomic E-state index is 5.37. The molecule has 0 amide bonds. The highest BCUT2D eigenvalue weighted by Crippen LogP contribution is 1.98. The molecule has 102 valence electrons. The van der Waals surface area contributed by atoms with Gasteiger partial charge in [0.05, 0.1) is 19.8 Å². The van der Waals surface area contributed by atoms with Crippen LogP contribution in [0.5, 0.6) is 0 Å². The topological polar surface area (TPSA) is 56.3 Å². The van der Waals surface area contributed by atoms with Crippen molar-refractivity contribution in [3.8, 4) is 0 Å². The quantitative estimate of drug-likeness (QED) is 0.670. The van der Waals surface area contributed by atoms with Crippen LogP contribution in [0.15, 0.2) is 12.4 Å². The highest BCUT2D eigenvalue weighted by molar-refractivity contribution is 5.05. The first kappa shape index (κ1) is 15.0. The molecule has 0 aliphatic heterocycles. The fourth-order valence-electron chi connectivity index (χ4n) is 1.33. The van der Waals surface area contributed by atoms with E-state index in [-0.39, 0.29) is 0 Å². The van der Waals surface area contributed by atoms with E-state index in [1.54, 1.807) is 7.11 Å². The maximum atomic E-state index is 5.37. The normalized spacial score (nSPS) is 11.1. The number of nitrogens with one attached hydrogen (secondary N) is 1. The third-order valence-electron chi connectivity index (χ3n) is 2.38. The highest BCUT2D eigenvalue weighted by atomic mass is 16.5. The number of aromatic nitrogens is 2. The largest absolute Gasteiger partial charge is 0.382 e. The van der Waals surface area contributed by atoms with Crippen molar-refractivity contribution in [2.45, 2.75) is 32.9 Å². The van der Waals surface area contributed by atoms with E-state index in [0.29, 0.717) is 25.9 Å². The lowest BCUT2D eigenvalue weighted by Crippen LogP contribution is -2.22. The summed E-state index contributed by atoms with van der Waals surface area (Å²) in [5, 5.41) is 3.33. The van der Waals surface area contributed by atoms with Crippen LogP contribution in [0.2, 0.25) is 0 Å². The van der Waals surface area contributed by atoms with Gasteiger partial charge in [0.2, 0.25) is 0 Å². The lowest BCUT2D eigenvalue weighted by Gasteiger charge is -2.07. The molecular weight excluding hydrogens is 230 g/mol. The van der Waals surface area contributed by atoms with Gasteiger partial charge in [0.1, 0.15) is 5.82 Å². The van der Waals surface area contributed by atoms with Crippen LogP contribution in [0.3, 0.4) is 0 Å². The number of nitrogens with zero attached hydrogens (tertiary/aromatic N) is 2. The second-order valence-electron chi connectivity index (χ2n) is 4.40. The van der Waals surface area contributed by atoms with Gasteiger partial charge in [-0.05, 0) is 0 Å². The summed E-state index contributed by atoms with van der Waals surface area (Å²) in [5.41, 5.74) is 1.10. The van der Waals surface area contributed by atoms with Crippen molar-refractivity contribution in [1.29, 1.82) is 0 Å². The average Bonchev–Trinajstić information content (AvgIpc) is 2.37. The molecule has 1 heterocycles. The molecule has 18 heavy (non-hydrogen) atoms. The molecule has 0 saturated heterocycles. The number of methoxy groups -OCH3 is 1. The van der Waals surface area contributed by atoms with E-state index in [1.807, 2.05) is 12.4 Å². The zero-order chi connectivity index (χ0) is 13.2. The number of hydrogen-bond acceptors (Lipinski definition) is 5. The molecule has 1 N–H and O–H groups in total. The molecule has 0 spiro atoms. The molecule has 1 aromatic rings. The second-order valence-corrected chi connectivity index (χ2v) is 4.40. The van der Waals surface area contributed by atoms with Crippen molar-refractivity contribution in [2.75, 3.05) is 26.9 Å². The molecule has 0 radical (unpaired) electrons. The lowest BCUT2D eigenvalue weighted by atomic mass is 10.3. The minimum atomic E-state index is 0.471. The SMILES string of the molecule is COCCOCCc1ncc(CNC(C)C)cn1. The van der Waals surface area contributed by atoms with Crippen LogP contribution in [-0.4, -0.2) is 42.9 Å². The number of rotatable bonds is 9. The molecule has 0 atom stereocenters. The fourth-order valence-corrected chi connectivity index (χ4v) is 1.33. The van der Waals surface area contributed by atoms with Crippen LogP contribution in [0.4, 0.5) is 0 Å². The van der Waals surface area contributed by atoms with Gasteiger partial charge in [0.25, 0.3) is 0 Å². The monoisotopic (exact) mass is 253 g/mol. The standard InChI is InChI=1S/C13H23N3O2/c1-11(2)14-8-12-9-15-13(16-10-12)4-5-18-7-6-17-3/h9-11,14H,4-8H2,1-3H3. The summed E-state index contributed by atoms with van der Waals surface area (Å²) in [4.78, 5) is 8.62. The molecule has 0 aliphatic rings. The zero-order valence-electron chi connectivity index (χ0n) is 11.5. The van der Waals surface area contributed by atoms with Crippen molar-refractivity contribution in [3.05, 3.63) is 23.8 Å². The van der Waals surface area contributed by atoms with Gasteiger partial charge >= 0.3 is 0 Å². The summed E-state index contributed by atoms with van der Waals surface area (Å²) in [7, 11) is 1.66. The van der Waals surface area contributed by atoms with Crippen LogP contribution in [0, 0.1) is 0 Å². The van der Waals surface area contributed by atoms with E-state index in [2.05, 4.69) is 29.1 Å². The van der Waals surface area contributed by atoms with Gasteiger partial charge in [0, 0.05) is 44.1 Å². The van der Waals surface area contributed by atoms with E-state index in [4.69, 9.17) is 9.47 Å². The molecule has 5 nitrogen and oxygen atoms in total. The molecule has 0 unspecified atom stereocenters. The van der Waals surface area contributed by atoms with Crippen LogP contribution < -0.4 is 5.32 Å². The van der Waals surface area contributed by atoms with E-state index in [9.17, 15) is 0 Å². The third-order valence-corrected chi connectivity index (χ3v) is 2.38. The van der Waals surface area contributed by atoms with Crippen molar-refractivity contribution >= 4 is 0 Å². The van der Waals surface area contributed by atoms with Gasteiger partial charge in [-0.3, -0.25) is 0 Å². The first-order chi connectivity index (χ1) is 8.72. The Morgan fingerprint density at radius 2 is 1.89 bits per heavy atom. The Morgan fingerprint density at radius 3 is 2.50 bits per heavy atom. The van der Waals surface area contributed by atoms with E-state index < -0.39 is 0 Å². The van der Waals surface area contributed by atoms with Gasteiger partial charge in [-0.25, -0.2) is 9.97 Å². The van der Waals surface area contributed by atoms with Crippen molar-refractivity contribution in [1.82, 2.24) is 15.3 Å². The summed E-state index contributed by atoms with van der Waals surface area (Å²) in [6.45, 7) is 6.92. The molecule has 1 rings (SSSR count). The number of hydrogen-bond donors (Lipinski definition) is 1. The summed E-state index contributed by atoms with van der Waals surface area (Å²) in [6.07, 6.45) is 4.47. The molecule has 1 aromatic heterocycles. The highest BCUT2D eigenvalue weighted by Gasteiger charge is 1.99. The smallest absolute Gasteiger partial charge is 0.130 e. The Labute approximate surface area is 109 Å². The second kappa shape index (κ2) is 8.97. The van der Waals surface area contributed by atoms with Crippen molar-refractivity contribution in [2.24, 2.45) is 0 Å². The minimum Gasteiger partial charge on any atom is -0.382 e. The predicted octanol–water partition coefficient (Wildman–Crippen LogP) is 1.18. The average molecular weight is 253 g/mol. The molecule has 0 fully saturated rings. The summed E-state index contributed by atoms with van der Waals surface area (Å²) < 4.78 is 10.3. The van der Waals surface area contributed by atoms with Gasteiger partial charge in [-0.2, -0.15) is 0 Å². The summed E-state index contributed by atoms with van der Waals surface area (Å²) in [6, 6.07) is 0.471. The van der Waals surface area contributed by atoms with Crippen LogP contribution >= 0.6 is 0 Å². The van der Waals surface area contributed by atoms with Gasteiger partial charge < -0.3 is 14.8 Å². The zero-order valence-corrected chi connectivity index (χ0v) is 11.5. The third kappa shape index (κ3) is 6.64. The minimum absolute atomic E-state index is 0.471. The summed E-state index contributed by atoms with van der Waals surface area (Å²) in [5.74, 6) is 0.820. The number of ether oxygens (including phenoxy) is 2. The Kier molecular flexibility index (Phi) is 7.48. The van der Waals surface area contributed by atoms with Gasteiger partial charge in [-0.1, -0.05) is 13.8 Å². The van der Waals surface area contributed by atoms with Gasteiger partial charge in [-0.15, -0.1) is 0 Å². The maximum Gasteiger partial charge on any atom is 0.130 e. The molecule has 5 heteroatoms. The summed E-state index contributed by atoms with van der Waals surface area (Å²) >= 11 is 0. The van der Waals surface area contributed by atoms with Crippen LogP contribution in [0.1, 0.15) is 25.2 Å². The van der Waals surface area contributed by atoms with E-state index in [1.165, 1.54) is 0 Å². The van der Waals surface area contributed by atoms with E-state index >= 15 is 0 Å². The lowest BCUT2D eigenvalue weighted by molar-refractivity contribution is 0.0716. The molecule has 0 aromatic carbocycles. The van der Waals surface area contributed by atoms with Crippen LogP contribution in [0.25, 0.3) is 0 Å². The Bertz CT molecular complexity index is 315. The van der Waals surface area contributed by atoms with E-state index in [0.717, 1.165) is 24.4 Å². The molecule has 0 aliphatic carbocycles. The molecule has 0 bridgehead atoms. The first-order valence-electron chi connectivity index (χ1n) is 6.32. The molecule has 0 saturated carbocycles. The van der Waals surface area contributed by atoms with Crippen molar-refractivity contribution in [3.63, 3.8) is 0 Å².